The molecule has 9 heteroatoms. The van der Waals surface area contributed by atoms with Gasteiger partial charge in [0.25, 0.3) is 0 Å². The largest absolute Gasteiger partial charge is 0.461 e. The third kappa shape index (κ3) is 4.54. The Labute approximate surface area is 191 Å². The van der Waals surface area contributed by atoms with Crippen LogP contribution in [0.15, 0.2) is 55.1 Å². The number of carbonyl (C=O) groups excluding carboxylic acids is 4. The van der Waals surface area contributed by atoms with Crippen molar-refractivity contribution in [2.75, 3.05) is 19.8 Å². The predicted octanol–water partition coefficient (Wildman–Crippen LogP) is 1.73. The second-order valence-corrected chi connectivity index (χ2v) is 8.23. The van der Waals surface area contributed by atoms with Gasteiger partial charge in [0.2, 0.25) is 11.8 Å². The summed E-state index contributed by atoms with van der Waals surface area (Å²) in [6, 6.07) is 9.30. The highest BCUT2D eigenvalue weighted by Gasteiger charge is 2.68. The summed E-state index contributed by atoms with van der Waals surface area (Å²) in [5.74, 6) is -2.29. The van der Waals surface area contributed by atoms with Crippen molar-refractivity contribution in [1.82, 2.24) is 10.2 Å². The zero-order valence-corrected chi connectivity index (χ0v) is 18.1. The lowest BCUT2D eigenvalue weighted by Gasteiger charge is -2.28. The number of likely N-dealkylation sites (tertiary alicyclic amines) is 1. The molecular weight excluding hydrogens is 428 g/mol. The average Bonchev–Trinajstić information content (AvgIpc) is 3.46. The summed E-state index contributed by atoms with van der Waals surface area (Å²) < 4.78 is 16.1. The number of nitrogens with one attached hydrogen (secondary N) is 1. The van der Waals surface area contributed by atoms with Gasteiger partial charge in [0, 0.05) is 13.0 Å². The van der Waals surface area contributed by atoms with Crippen LogP contribution in [-0.2, 0) is 35.1 Å². The summed E-state index contributed by atoms with van der Waals surface area (Å²) in [4.78, 5) is 51.0. The number of hydrogen-bond donors (Lipinski definition) is 1. The van der Waals surface area contributed by atoms with Gasteiger partial charge in [0.1, 0.15) is 18.8 Å². The van der Waals surface area contributed by atoms with Gasteiger partial charge >= 0.3 is 12.1 Å². The van der Waals surface area contributed by atoms with E-state index < -0.39 is 29.6 Å². The van der Waals surface area contributed by atoms with E-state index in [9.17, 15) is 19.2 Å². The molecule has 4 atom stereocenters. The smallest absolute Gasteiger partial charge is 0.407 e. The van der Waals surface area contributed by atoms with Crippen LogP contribution in [0.3, 0.4) is 0 Å². The van der Waals surface area contributed by atoms with Crippen LogP contribution in [-0.4, -0.2) is 60.2 Å². The number of rotatable bonds is 10. The van der Waals surface area contributed by atoms with Crippen LogP contribution in [0.4, 0.5) is 4.79 Å². The normalized spacial score (nSPS) is 26.9. The van der Waals surface area contributed by atoms with E-state index in [0.29, 0.717) is 6.42 Å². The Morgan fingerprint density at radius 1 is 1.18 bits per heavy atom. The van der Waals surface area contributed by atoms with Crippen molar-refractivity contribution in [3.05, 3.63) is 60.7 Å². The molecule has 1 aromatic rings. The molecule has 0 spiro atoms. The van der Waals surface area contributed by atoms with E-state index >= 15 is 0 Å². The maximum Gasteiger partial charge on any atom is 0.407 e. The van der Waals surface area contributed by atoms with Gasteiger partial charge < -0.3 is 19.5 Å². The molecule has 33 heavy (non-hydrogen) atoms. The molecule has 3 aliphatic heterocycles. The molecule has 1 N–H and O–H groups in total. The first-order chi connectivity index (χ1) is 15.9. The van der Waals surface area contributed by atoms with Crippen molar-refractivity contribution >= 4 is 23.9 Å². The lowest BCUT2D eigenvalue weighted by atomic mass is 9.77. The Bertz CT molecular complexity index is 976. The van der Waals surface area contributed by atoms with Gasteiger partial charge in [0.05, 0.1) is 24.5 Å². The number of carbonyl (C=O) groups is 4. The molecule has 0 radical (unpaired) electrons. The Kier molecular flexibility index (Phi) is 6.60. The maximum atomic E-state index is 13.2. The maximum absolute atomic E-state index is 13.2. The minimum atomic E-state index is -1.15. The third-order valence-electron chi connectivity index (χ3n) is 6.05. The molecule has 3 amide bonds. The fourth-order valence-electron chi connectivity index (χ4n) is 4.53. The first-order valence-corrected chi connectivity index (χ1v) is 10.9. The molecule has 4 unspecified atom stereocenters. The van der Waals surface area contributed by atoms with Crippen LogP contribution in [0.1, 0.15) is 18.4 Å². The number of nitrogens with zero attached hydrogens (tertiary/aromatic N) is 1. The van der Waals surface area contributed by atoms with Gasteiger partial charge in [-0.25, -0.2) is 4.79 Å². The molecule has 3 heterocycles. The van der Waals surface area contributed by atoms with E-state index in [1.54, 1.807) is 12.2 Å². The zero-order valence-electron chi connectivity index (χ0n) is 18.1. The summed E-state index contributed by atoms with van der Waals surface area (Å²) in [5, 5.41) is 2.56. The van der Waals surface area contributed by atoms with Crippen LogP contribution in [0.5, 0.6) is 0 Å². The minimum Gasteiger partial charge on any atom is -0.461 e. The van der Waals surface area contributed by atoms with Crippen LogP contribution in [0.25, 0.3) is 0 Å². The molecule has 0 aliphatic carbocycles. The lowest BCUT2D eigenvalue weighted by Crippen LogP contribution is -2.45. The quantitative estimate of drug-likeness (QED) is 0.248. The number of benzene rings is 1. The molecule has 1 aromatic carbocycles. The topological polar surface area (TPSA) is 111 Å². The number of ether oxygens (including phenoxy) is 3. The summed E-state index contributed by atoms with van der Waals surface area (Å²) in [6.07, 6.45) is 4.30. The third-order valence-corrected chi connectivity index (χ3v) is 6.05. The van der Waals surface area contributed by atoms with E-state index in [0.717, 1.165) is 5.56 Å². The van der Waals surface area contributed by atoms with Crippen molar-refractivity contribution in [3.63, 3.8) is 0 Å². The van der Waals surface area contributed by atoms with Gasteiger partial charge in [-0.15, -0.1) is 0 Å². The van der Waals surface area contributed by atoms with Gasteiger partial charge in [-0.1, -0.05) is 49.1 Å². The Hall–Kier alpha value is -3.46. The first-order valence-electron chi connectivity index (χ1n) is 10.9. The fourth-order valence-corrected chi connectivity index (χ4v) is 4.53. The Morgan fingerprint density at radius 3 is 2.73 bits per heavy atom. The molecule has 3 aliphatic rings. The van der Waals surface area contributed by atoms with Gasteiger partial charge in [-0.05, 0) is 18.1 Å². The molecule has 2 fully saturated rings. The standard InChI is InChI=1S/C24H26N2O7/c1-2-13-31-18(27)9-6-12-25-23(30)32-15-24-11-10-17(33-24)19-20(24)22(29)26(21(19)28)14-16-7-4-3-5-8-16/h2-5,7-8,10-11,17,19-20H,1,6,9,12-15H2,(H,25,30). The average molecular weight is 454 g/mol. The summed E-state index contributed by atoms with van der Waals surface area (Å²) >= 11 is 0. The van der Waals surface area contributed by atoms with Gasteiger partial charge in [-0.2, -0.15) is 0 Å². The van der Waals surface area contributed by atoms with E-state index in [2.05, 4.69) is 11.9 Å². The molecule has 2 bridgehead atoms. The number of esters is 1. The van der Waals surface area contributed by atoms with Crippen molar-refractivity contribution in [2.45, 2.75) is 31.1 Å². The van der Waals surface area contributed by atoms with Crippen LogP contribution in [0.2, 0.25) is 0 Å². The second-order valence-electron chi connectivity index (χ2n) is 8.23. The second kappa shape index (κ2) is 9.58. The van der Waals surface area contributed by atoms with Crippen LogP contribution in [0, 0.1) is 11.8 Å². The summed E-state index contributed by atoms with van der Waals surface area (Å²) in [7, 11) is 0. The van der Waals surface area contributed by atoms with Crippen LogP contribution < -0.4 is 5.32 Å². The number of fused-ring (bicyclic) bond motifs is 5. The van der Waals surface area contributed by atoms with Crippen molar-refractivity contribution < 1.29 is 33.4 Å². The van der Waals surface area contributed by atoms with E-state index in [1.165, 1.54) is 11.0 Å². The molecule has 4 rings (SSSR count). The number of alkyl carbamates (subject to hydrolysis) is 1. The molecule has 2 saturated heterocycles. The highest BCUT2D eigenvalue weighted by molar-refractivity contribution is 6.07. The van der Waals surface area contributed by atoms with Crippen molar-refractivity contribution in [1.29, 1.82) is 0 Å². The van der Waals surface area contributed by atoms with Gasteiger partial charge in [-0.3, -0.25) is 19.3 Å². The molecule has 9 nitrogen and oxygen atoms in total. The monoisotopic (exact) mass is 454 g/mol. The Balaban J connectivity index is 1.30. The molecule has 0 aromatic heterocycles. The highest BCUT2D eigenvalue weighted by Crippen LogP contribution is 2.52. The van der Waals surface area contributed by atoms with Crippen molar-refractivity contribution in [3.8, 4) is 0 Å². The fraction of sp³-hybridized carbons (Fsp3) is 0.417. The SMILES string of the molecule is C=CCOC(=O)CCCNC(=O)OCC12C=CC(O1)C1C(=O)N(Cc3ccccc3)C(=O)C12. The highest BCUT2D eigenvalue weighted by atomic mass is 16.6. The molecule has 0 saturated carbocycles. The summed E-state index contributed by atoms with van der Waals surface area (Å²) in [5.41, 5.74) is -0.294. The minimum absolute atomic E-state index is 0.150. The number of hydrogen-bond acceptors (Lipinski definition) is 7. The van der Waals surface area contributed by atoms with Crippen molar-refractivity contribution in [2.24, 2.45) is 11.8 Å². The summed E-state index contributed by atoms with van der Waals surface area (Å²) in [6.45, 7) is 3.85. The zero-order chi connectivity index (χ0) is 23.4. The number of amides is 3. The Morgan fingerprint density at radius 2 is 1.97 bits per heavy atom. The van der Waals surface area contributed by atoms with E-state index in [1.807, 2.05) is 30.3 Å². The lowest BCUT2D eigenvalue weighted by molar-refractivity contribution is -0.146. The number of imide groups is 1. The predicted molar refractivity (Wildman–Crippen MR) is 115 cm³/mol. The van der Waals surface area contributed by atoms with Gasteiger partial charge in [0.15, 0.2) is 0 Å². The molecular formula is C24H26N2O7. The molecule has 174 valence electrons. The van der Waals surface area contributed by atoms with E-state index in [4.69, 9.17) is 14.2 Å². The first kappa shape index (κ1) is 22.7. The van der Waals surface area contributed by atoms with Crippen LogP contribution >= 0.6 is 0 Å². The van der Waals surface area contributed by atoms with E-state index in [-0.39, 0.29) is 50.5 Å².